The van der Waals surface area contributed by atoms with Crippen LogP contribution in [-0.4, -0.2) is 21.5 Å². The third-order valence-corrected chi connectivity index (χ3v) is 3.36. The van der Waals surface area contributed by atoms with E-state index in [4.69, 9.17) is 4.74 Å². The number of hydrogen-bond donors (Lipinski definition) is 1. The normalized spacial score (nSPS) is 17.3. The van der Waals surface area contributed by atoms with Crippen LogP contribution in [0.3, 0.4) is 0 Å². The Labute approximate surface area is 105 Å². The first-order valence-corrected chi connectivity index (χ1v) is 6.17. The van der Waals surface area contributed by atoms with Crippen molar-refractivity contribution >= 4 is 10.9 Å². The molecule has 0 aliphatic carbocycles. The molecule has 1 aliphatic heterocycles. The highest BCUT2D eigenvalue weighted by molar-refractivity contribution is 5.82. The van der Waals surface area contributed by atoms with E-state index in [1.165, 1.54) is 0 Å². The van der Waals surface area contributed by atoms with Crippen LogP contribution < -0.4 is 0 Å². The van der Waals surface area contributed by atoms with Gasteiger partial charge in [0.25, 0.3) is 0 Å². The summed E-state index contributed by atoms with van der Waals surface area (Å²) in [5, 5.41) is 15.9. The van der Waals surface area contributed by atoms with Crippen LogP contribution in [0.5, 0.6) is 0 Å². The van der Waals surface area contributed by atoms with Crippen molar-refractivity contribution in [2.45, 2.75) is 18.9 Å². The van der Waals surface area contributed by atoms with Gasteiger partial charge in [0.15, 0.2) is 0 Å². The summed E-state index contributed by atoms with van der Waals surface area (Å²) in [4.78, 5) is 0. The van der Waals surface area contributed by atoms with Gasteiger partial charge >= 0.3 is 0 Å². The summed E-state index contributed by atoms with van der Waals surface area (Å²) >= 11 is 0. The summed E-state index contributed by atoms with van der Waals surface area (Å²) in [6.07, 6.45) is 2.83. The second-order valence-corrected chi connectivity index (χ2v) is 4.60. The lowest BCUT2D eigenvalue weighted by Gasteiger charge is -2.17. The zero-order valence-electron chi connectivity index (χ0n) is 10.3. The molecule has 0 bridgehead atoms. The molecule has 2 heterocycles. The summed E-state index contributed by atoms with van der Waals surface area (Å²) in [5.41, 5.74) is 2.65. The number of rotatable bonds is 2. The molecule has 0 fully saturated rings. The van der Waals surface area contributed by atoms with Crippen molar-refractivity contribution in [2.24, 2.45) is 7.05 Å². The molecule has 0 radical (unpaired) electrons. The predicted octanol–water partition coefficient (Wildman–Crippen LogP) is 2.30. The second-order valence-electron chi connectivity index (χ2n) is 4.60. The average Bonchev–Trinajstić information content (AvgIpc) is 2.77. The lowest BCUT2D eigenvalue weighted by molar-refractivity contribution is 0.168. The highest BCUT2D eigenvalue weighted by Crippen LogP contribution is 2.31. The minimum absolute atomic E-state index is 0.670. The third kappa shape index (κ3) is 1.78. The number of fused-ring (bicyclic) bond motifs is 1. The highest BCUT2D eigenvalue weighted by Gasteiger charge is 2.21. The molecule has 3 rings (SSSR count). The van der Waals surface area contributed by atoms with Crippen LogP contribution in [0.1, 0.15) is 24.6 Å². The second kappa shape index (κ2) is 4.46. The summed E-state index contributed by atoms with van der Waals surface area (Å²) in [6.45, 7) is 0.735. The molecule has 4 heteroatoms. The van der Waals surface area contributed by atoms with Gasteiger partial charge in [-0.05, 0) is 24.5 Å². The van der Waals surface area contributed by atoms with Crippen molar-refractivity contribution in [1.82, 2.24) is 9.78 Å². The van der Waals surface area contributed by atoms with Gasteiger partial charge in [-0.2, -0.15) is 5.10 Å². The lowest BCUT2D eigenvalue weighted by atomic mass is 10.00. The molecule has 0 spiro atoms. The SMILES string of the molecule is Cn1nc(C(O)C2=COCCC2)c2ccccc21. The van der Waals surface area contributed by atoms with Crippen LogP contribution in [0.4, 0.5) is 0 Å². The number of para-hydroxylation sites is 1. The van der Waals surface area contributed by atoms with Gasteiger partial charge in [-0.3, -0.25) is 4.68 Å². The first kappa shape index (κ1) is 11.3. The minimum Gasteiger partial charge on any atom is -0.501 e. The van der Waals surface area contributed by atoms with E-state index in [1.54, 1.807) is 10.9 Å². The first-order valence-electron chi connectivity index (χ1n) is 6.17. The van der Waals surface area contributed by atoms with Gasteiger partial charge in [0, 0.05) is 12.4 Å². The minimum atomic E-state index is -0.670. The van der Waals surface area contributed by atoms with Gasteiger partial charge in [-0.25, -0.2) is 0 Å². The van der Waals surface area contributed by atoms with E-state index in [1.807, 2.05) is 31.3 Å². The van der Waals surface area contributed by atoms with E-state index < -0.39 is 6.10 Å². The Balaban J connectivity index is 2.06. The Morgan fingerprint density at radius 2 is 2.22 bits per heavy atom. The van der Waals surface area contributed by atoms with Crippen molar-refractivity contribution < 1.29 is 9.84 Å². The number of aromatic nitrogens is 2. The molecule has 4 nitrogen and oxygen atoms in total. The van der Waals surface area contributed by atoms with E-state index >= 15 is 0 Å². The van der Waals surface area contributed by atoms with E-state index in [2.05, 4.69) is 5.10 Å². The Morgan fingerprint density at radius 1 is 1.39 bits per heavy atom. The number of hydrogen-bond acceptors (Lipinski definition) is 3. The van der Waals surface area contributed by atoms with Gasteiger partial charge in [-0.15, -0.1) is 0 Å². The van der Waals surface area contributed by atoms with Gasteiger partial charge in [0.1, 0.15) is 11.8 Å². The van der Waals surface area contributed by atoms with Crippen LogP contribution in [0, 0.1) is 0 Å². The fraction of sp³-hybridized carbons (Fsp3) is 0.357. The van der Waals surface area contributed by atoms with E-state index in [0.717, 1.165) is 35.9 Å². The van der Waals surface area contributed by atoms with Crippen LogP contribution in [0.15, 0.2) is 36.1 Å². The molecule has 1 aromatic carbocycles. The number of benzene rings is 1. The van der Waals surface area contributed by atoms with Crippen molar-refractivity contribution in [3.63, 3.8) is 0 Å². The number of aliphatic hydroxyl groups is 1. The molecule has 18 heavy (non-hydrogen) atoms. The Morgan fingerprint density at radius 3 is 3.00 bits per heavy atom. The van der Waals surface area contributed by atoms with Gasteiger partial charge in [-0.1, -0.05) is 18.2 Å². The van der Waals surface area contributed by atoms with Gasteiger partial charge in [0.05, 0.1) is 18.4 Å². The van der Waals surface area contributed by atoms with Crippen LogP contribution in [0.25, 0.3) is 10.9 Å². The molecule has 94 valence electrons. The molecular weight excluding hydrogens is 228 g/mol. The topological polar surface area (TPSA) is 47.3 Å². The first-order chi connectivity index (χ1) is 8.77. The number of ether oxygens (including phenoxy) is 1. The monoisotopic (exact) mass is 244 g/mol. The highest BCUT2D eigenvalue weighted by atomic mass is 16.5. The largest absolute Gasteiger partial charge is 0.501 e. The Bertz CT molecular complexity index is 601. The molecule has 1 atom stereocenters. The third-order valence-electron chi connectivity index (χ3n) is 3.36. The molecule has 1 aromatic heterocycles. The smallest absolute Gasteiger partial charge is 0.123 e. The van der Waals surface area contributed by atoms with E-state index in [0.29, 0.717) is 5.69 Å². The average molecular weight is 244 g/mol. The summed E-state index contributed by atoms with van der Waals surface area (Å²) in [6, 6.07) is 7.94. The summed E-state index contributed by atoms with van der Waals surface area (Å²) in [7, 11) is 1.89. The fourth-order valence-corrected chi connectivity index (χ4v) is 2.41. The van der Waals surface area contributed by atoms with Gasteiger partial charge < -0.3 is 9.84 Å². The molecule has 0 saturated heterocycles. The van der Waals surface area contributed by atoms with Crippen LogP contribution in [0.2, 0.25) is 0 Å². The van der Waals surface area contributed by atoms with Crippen molar-refractivity contribution in [1.29, 1.82) is 0 Å². The molecule has 0 saturated carbocycles. The Kier molecular flexibility index (Phi) is 2.80. The molecule has 1 unspecified atom stereocenters. The molecule has 1 N–H and O–H groups in total. The molecule has 0 amide bonds. The summed E-state index contributed by atoms with van der Waals surface area (Å²) < 4.78 is 7.09. The maximum absolute atomic E-state index is 10.4. The van der Waals surface area contributed by atoms with Crippen molar-refractivity contribution in [2.75, 3.05) is 6.61 Å². The predicted molar refractivity (Wildman–Crippen MR) is 68.9 cm³/mol. The van der Waals surface area contributed by atoms with E-state index in [9.17, 15) is 5.11 Å². The van der Waals surface area contributed by atoms with E-state index in [-0.39, 0.29) is 0 Å². The van der Waals surface area contributed by atoms with Crippen LogP contribution >= 0.6 is 0 Å². The number of aliphatic hydroxyl groups excluding tert-OH is 1. The Hall–Kier alpha value is -1.81. The maximum Gasteiger partial charge on any atom is 0.123 e. The fourth-order valence-electron chi connectivity index (χ4n) is 2.41. The number of aryl methyl sites for hydroxylation is 1. The standard InChI is InChI=1S/C14H16N2O2/c1-16-12-7-3-2-6-11(12)13(15-16)14(17)10-5-4-8-18-9-10/h2-3,6-7,9,14,17H,4-5,8H2,1H3. The zero-order valence-corrected chi connectivity index (χ0v) is 10.3. The summed E-state index contributed by atoms with van der Waals surface area (Å²) in [5.74, 6) is 0. The van der Waals surface area contributed by atoms with Crippen LogP contribution in [-0.2, 0) is 11.8 Å². The lowest BCUT2D eigenvalue weighted by Crippen LogP contribution is -2.09. The molecular formula is C14H16N2O2. The molecule has 2 aromatic rings. The van der Waals surface area contributed by atoms with Gasteiger partial charge in [0.2, 0.25) is 0 Å². The quantitative estimate of drug-likeness (QED) is 0.881. The van der Waals surface area contributed by atoms with Crippen molar-refractivity contribution in [3.05, 3.63) is 41.8 Å². The maximum atomic E-state index is 10.4. The zero-order chi connectivity index (χ0) is 12.5. The molecule has 1 aliphatic rings. The van der Waals surface area contributed by atoms with Crippen molar-refractivity contribution in [3.8, 4) is 0 Å². The number of nitrogens with zero attached hydrogens (tertiary/aromatic N) is 2.